The summed E-state index contributed by atoms with van der Waals surface area (Å²) < 4.78 is 12.7. The SMILES string of the molecule is CC(=O)C(C)(C)CC(=O)OC1CCC2(C)C(CCC3(C)C2CCC2C4=C(C(C)C)C(=O)CC4(Cc4nnc(C5=CC(Cl)CCC=C5)o4)CCC23C)C1(C)C. The summed E-state index contributed by atoms with van der Waals surface area (Å²) in [5.41, 5.74) is 2.45. The minimum atomic E-state index is -0.718. The van der Waals surface area contributed by atoms with Gasteiger partial charge < -0.3 is 9.15 Å². The van der Waals surface area contributed by atoms with Crippen LogP contribution in [0.2, 0.25) is 0 Å². The Bertz CT molecular complexity index is 1800. The highest BCUT2D eigenvalue weighted by atomic mass is 35.5. The Kier molecular flexibility index (Phi) is 9.96. The summed E-state index contributed by atoms with van der Waals surface area (Å²) in [5.74, 6) is 2.66. The third-order valence-corrected chi connectivity index (χ3v) is 17.1. The fourth-order valence-corrected chi connectivity index (χ4v) is 13.8. The van der Waals surface area contributed by atoms with Crippen LogP contribution in [0.1, 0.15) is 158 Å². The highest BCUT2D eigenvalue weighted by Crippen LogP contribution is 2.77. The van der Waals surface area contributed by atoms with Crippen molar-refractivity contribution in [2.24, 2.45) is 56.2 Å². The number of carbonyl (C=O) groups excluding carboxylic acids is 3. The van der Waals surface area contributed by atoms with Crippen LogP contribution >= 0.6 is 11.6 Å². The molecule has 0 radical (unpaired) electrons. The lowest BCUT2D eigenvalue weighted by molar-refractivity contribution is -0.233. The van der Waals surface area contributed by atoms with Crippen molar-refractivity contribution in [3.8, 4) is 0 Å². The van der Waals surface area contributed by atoms with E-state index < -0.39 is 5.41 Å². The lowest BCUT2D eigenvalue weighted by atomic mass is 9.33. The molecule has 296 valence electrons. The van der Waals surface area contributed by atoms with Crippen LogP contribution in [0.25, 0.3) is 5.57 Å². The molecule has 9 atom stereocenters. The molecule has 6 aliphatic rings. The van der Waals surface area contributed by atoms with Gasteiger partial charge in [-0.1, -0.05) is 86.1 Å². The van der Waals surface area contributed by atoms with Crippen molar-refractivity contribution < 1.29 is 23.5 Å². The molecule has 0 bridgehead atoms. The summed E-state index contributed by atoms with van der Waals surface area (Å²) in [5, 5.41) is 9.01. The van der Waals surface area contributed by atoms with Crippen LogP contribution in [0.15, 0.2) is 33.8 Å². The second-order valence-electron chi connectivity index (χ2n) is 20.7. The molecule has 7 rings (SSSR count). The van der Waals surface area contributed by atoms with Gasteiger partial charge in [0, 0.05) is 34.7 Å². The second-order valence-corrected chi connectivity index (χ2v) is 21.3. The van der Waals surface area contributed by atoms with Crippen molar-refractivity contribution in [2.75, 3.05) is 0 Å². The number of halogens is 1. The number of rotatable bonds is 8. The Hall–Kier alpha value is -2.54. The van der Waals surface area contributed by atoms with Crippen LogP contribution in [0.4, 0.5) is 0 Å². The van der Waals surface area contributed by atoms with Gasteiger partial charge in [-0.15, -0.1) is 21.8 Å². The van der Waals surface area contributed by atoms with E-state index in [2.05, 4.69) is 64.7 Å². The molecule has 0 saturated heterocycles. The molecule has 1 aromatic rings. The summed E-state index contributed by atoms with van der Waals surface area (Å²) in [4.78, 5) is 39.6. The van der Waals surface area contributed by atoms with E-state index in [1.807, 2.05) is 26.0 Å². The molecule has 4 fully saturated rings. The highest BCUT2D eigenvalue weighted by molar-refractivity contribution is 6.22. The van der Waals surface area contributed by atoms with E-state index in [1.54, 1.807) is 6.92 Å². The third-order valence-electron chi connectivity index (χ3n) is 16.8. The first-order chi connectivity index (χ1) is 25.2. The van der Waals surface area contributed by atoms with Crippen molar-refractivity contribution in [3.05, 3.63) is 41.2 Å². The molecule has 0 spiro atoms. The van der Waals surface area contributed by atoms with Gasteiger partial charge in [0.2, 0.25) is 11.8 Å². The highest BCUT2D eigenvalue weighted by Gasteiger charge is 2.70. The molecule has 9 unspecified atom stereocenters. The Morgan fingerprint density at radius 1 is 0.963 bits per heavy atom. The van der Waals surface area contributed by atoms with Gasteiger partial charge in [-0.2, -0.15) is 0 Å². The molecule has 7 nitrogen and oxygen atoms in total. The summed E-state index contributed by atoms with van der Waals surface area (Å²) >= 11 is 6.53. The molecule has 0 aromatic carbocycles. The number of allylic oxidation sites excluding steroid dienone is 6. The van der Waals surface area contributed by atoms with Crippen LogP contribution in [0.3, 0.4) is 0 Å². The molecule has 54 heavy (non-hydrogen) atoms. The van der Waals surface area contributed by atoms with Gasteiger partial charge in [0.25, 0.3) is 0 Å². The molecule has 1 aromatic heterocycles. The first-order valence-corrected chi connectivity index (χ1v) is 21.5. The lowest BCUT2D eigenvalue weighted by Crippen LogP contribution is -2.65. The second kappa shape index (κ2) is 13.5. The summed E-state index contributed by atoms with van der Waals surface area (Å²) in [6.45, 7) is 22.0. The Morgan fingerprint density at radius 2 is 1.70 bits per heavy atom. The number of hydrogen-bond donors (Lipinski definition) is 0. The Labute approximate surface area is 328 Å². The predicted molar refractivity (Wildman–Crippen MR) is 212 cm³/mol. The zero-order valence-corrected chi connectivity index (χ0v) is 35.5. The molecule has 0 aliphatic heterocycles. The third kappa shape index (κ3) is 6.15. The van der Waals surface area contributed by atoms with Gasteiger partial charge in [-0.3, -0.25) is 14.4 Å². The quantitative estimate of drug-likeness (QED) is 0.192. The summed E-state index contributed by atoms with van der Waals surface area (Å²) in [6, 6.07) is 0. The molecule has 1 heterocycles. The van der Waals surface area contributed by atoms with E-state index in [4.69, 9.17) is 20.8 Å². The van der Waals surface area contributed by atoms with Crippen LogP contribution in [-0.2, 0) is 25.5 Å². The fraction of sp³-hybridized carbons (Fsp3) is 0.761. The average Bonchev–Trinajstić information content (AvgIpc) is 3.57. The molecular weight excluding hydrogens is 696 g/mol. The van der Waals surface area contributed by atoms with Gasteiger partial charge in [0.05, 0.1) is 11.8 Å². The number of alkyl halides is 1. The van der Waals surface area contributed by atoms with E-state index in [9.17, 15) is 14.4 Å². The van der Waals surface area contributed by atoms with Crippen molar-refractivity contribution in [1.82, 2.24) is 10.2 Å². The molecule has 8 heteroatoms. The minimum Gasteiger partial charge on any atom is -0.462 e. The zero-order valence-electron chi connectivity index (χ0n) is 34.7. The maximum atomic E-state index is 14.2. The van der Waals surface area contributed by atoms with Crippen LogP contribution in [-0.4, -0.2) is 39.2 Å². The summed E-state index contributed by atoms with van der Waals surface area (Å²) in [6.07, 6.45) is 17.4. The van der Waals surface area contributed by atoms with E-state index in [0.717, 1.165) is 75.4 Å². The van der Waals surface area contributed by atoms with Crippen LogP contribution in [0, 0.1) is 56.2 Å². The monoisotopic (exact) mass is 760 g/mol. The number of Topliss-reactive ketones (excluding diaryl/α,β-unsaturated/α-hetero) is 2. The topological polar surface area (TPSA) is 99.4 Å². The van der Waals surface area contributed by atoms with Gasteiger partial charge in [-0.25, -0.2) is 0 Å². The Balaban J connectivity index is 1.17. The number of aromatic nitrogens is 2. The van der Waals surface area contributed by atoms with Gasteiger partial charge >= 0.3 is 5.97 Å². The molecule has 0 amide bonds. The molecular formula is C46H65ClN2O5. The average molecular weight is 761 g/mol. The van der Waals surface area contributed by atoms with Crippen molar-refractivity contribution >= 4 is 34.7 Å². The van der Waals surface area contributed by atoms with E-state index in [0.29, 0.717) is 48.2 Å². The first-order valence-electron chi connectivity index (χ1n) is 21.0. The normalized spacial score (nSPS) is 38.9. The first kappa shape index (κ1) is 39.7. The largest absolute Gasteiger partial charge is 0.462 e. The fourth-order valence-electron chi connectivity index (χ4n) is 13.5. The molecule has 6 aliphatic carbocycles. The number of nitrogens with zero attached hydrogens (tertiary/aromatic N) is 2. The maximum absolute atomic E-state index is 14.2. The number of ether oxygens (including phenoxy) is 1. The number of esters is 1. The van der Waals surface area contributed by atoms with Crippen LogP contribution in [0.5, 0.6) is 0 Å². The Morgan fingerprint density at radius 3 is 2.41 bits per heavy atom. The molecule has 4 saturated carbocycles. The zero-order chi connectivity index (χ0) is 39.2. The number of fused-ring (bicyclic) bond motifs is 7. The van der Waals surface area contributed by atoms with Gasteiger partial charge in [0.15, 0.2) is 5.78 Å². The smallest absolute Gasteiger partial charge is 0.307 e. The van der Waals surface area contributed by atoms with Gasteiger partial charge in [-0.05, 0) is 117 Å². The van der Waals surface area contributed by atoms with E-state index >= 15 is 0 Å². The lowest BCUT2D eigenvalue weighted by Gasteiger charge is -2.72. The molecule has 0 N–H and O–H groups in total. The number of carbonyl (C=O) groups is 3. The standard InChI is InChI=1S/C46H65ClN2O5/c1-27(2)38-32(51)24-46(25-36-48-49-40(54-36)29-13-11-12-14-30(47)23-29)22-21-44(9)31(39(38)46)15-16-34-43(8)19-18-35(53-37(52)26-41(4,5)28(3)50)42(6,7)33(43)17-20-45(34,44)10/h11,13,23,27,30-31,33-35H,12,14-22,24-26H2,1-10H3. The van der Waals surface area contributed by atoms with Crippen molar-refractivity contribution in [3.63, 3.8) is 0 Å². The van der Waals surface area contributed by atoms with E-state index in [1.165, 1.54) is 5.57 Å². The maximum Gasteiger partial charge on any atom is 0.307 e. The van der Waals surface area contributed by atoms with Gasteiger partial charge in [0.1, 0.15) is 11.9 Å². The van der Waals surface area contributed by atoms with Crippen molar-refractivity contribution in [1.29, 1.82) is 0 Å². The summed E-state index contributed by atoms with van der Waals surface area (Å²) in [7, 11) is 0. The van der Waals surface area contributed by atoms with E-state index in [-0.39, 0.29) is 62.6 Å². The number of hydrogen-bond acceptors (Lipinski definition) is 7. The van der Waals surface area contributed by atoms with Crippen LogP contribution < -0.4 is 0 Å². The minimum absolute atomic E-state index is 0.0125. The number of ketones is 2. The predicted octanol–water partition coefficient (Wildman–Crippen LogP) is 10.9. The van der Waals surface area contributed by atoms with Crippen molar-refractivity contribution in [2.45, 2.75) is 164 Å².